The largest absolute Gasteiger partial charge is 0.360 e. The maximum atomic E-state index is 12.2. The molecule has 9 nitrogen and oxygen atoms in total. The van der Waals surface area contributed by atoms with Gasteiger partial charge in [0, 0.05) is 12.6 Å². The van der Waals surface area contributed by atoms with Crippen molar-refractivity contribution in [3.63, 3.8) is 0 Å². The number of aromatic nitrogens is 1. The summed E-state index contributed by atoms with van der Waals surface area (Å²) < 4.78 is 4.83. The average molecular weight is 354 g/mol. The highest BCUT2D eigenvalue weighted by molar-refractivity contribution is 8.00. The van der Waals surface area contributed by atoms with Crippen molar-refractivity contribution in [1.29, 1.82) is 0 Å². The highest BCUT2D eigenvalue weighted by atomic mass is 32.2. The van der Waals surface area contributed by atoms with E-state index in [9.17, 15) is 19.2 Å². The molecule has 0 radical (unpaired) electrons. The van der Waals surface area contributed by atoms with Gasteiger partial charge < -0.3 is 14.7 Å². The van der Waals surface area contributed by atoms with E-state index in [1.165, 1.54) is 4.90 Å². The highest BCUT2D eigenvalue weighted by Crippen LogP contribution is 2.14. The molecule has 2 heterocycles. The van der Waals surface area contributed by atoms with Crippen molar-refractivity contribution in [1.82, 2.24) is 15.4 Å². The van der Waals surface area contributed by atoms with Crippen LogP contribution in [0.3, 0.4) is 0 Å². The molecule has 1 fully saturated rings. The van der Waals surface area contributed by atoms with Crippen LogP contribution in [0.4, 0.5) is 5.82 Å². The number of hydrogen-bond donors (Lipinski definition) is 2. The van der Waals surface area contributed by atoms with Gasteiger partial charge in [-0.1, -0.05) is 5.16 Å². The Balaban J connectivity index is 1.78. The van der Waals surface area contributed by atoms with E-state index in [2.05, 4.69) is 15.8 Å². The number of thioether (sulfide) groups is 1. The number of nitrogens with zero attached hydrogens (tertiary/aromatic N) is 2. The van der Waals surface area contributed by atoms with Crippen molar-refractivity contribution < 1.29 is 23.7 Å². The zero-order chi connectivity index (χ0) is 17.7. The Hall–Kier alpha value is -2.36. The minimum absolute atomic E-state index is 0.0188. The second-order valence-electron chi connectivity index (χ2n) is 5.18. The molecule has 0 bridgehead atoms. The second kappa shape index (κ2) is 7.95. The zero-order valence-corrected chi connectivity index (χ0v) is 14.1. The molecule has 24 heavy (non-hydrogen) atoms. The van der Waals surface area contributed by atoms with E-state index >= 15 is 0 Å². The Labute approximate surface area is 142 Å². The fraction of sp³-hybridized carbons (Fsp3) is 0.500. The normalized spacial score (nSPS) is 16.8. The Morgan fingerprint density at radius 1 is 1.46 bits per heavy atom. The summed E-state index contributed by atoms with van der Waals surface area (Å²) in [7, 11) is 0. The lowest BCUT2D eigenvalue weighted by Gasteiger charge is -2.25. The van der Waals surface area contributed by atoms with Crippen molar-refractivity contribution in [3.8, 4) is 0 Å². The van der Waals surface area contributed by atoms with Crippen LogP contribution in [-0.4, -0.2) is 57.8 Å². The van der Waals surface area contributed by atoms with E-state index in [1.807, 2.05) is 0 Å². The van der Waals surface area contributed by atoms with E-state index in [-0.39, 0.29) is 35.6 Å². The lowest BCUT2D eigenvalue weighted by Crippen LogP contribution is -2.45. The summed E-state index contributed by atoms with van der Waals surface area (Å²) in [6.45, 7) is 3.76. The van der Waals surface area contributed by atoms with Crippen LogP contribution in [0.25, 0.3) is 0 Å². The van der Waals surface area contributed by atoms with Crippen molar-refractivity contribution in [2.45, 2.75) is 26.3 Å². The van der Waals surface area contributed by atoms with Crippen LogP contribution in [0.15, 0.2) is 10.6 Å². The van der Waals surface area contributed by atoms with Crippen molar-refractivity contribution in [2.75, 3.05) is 23.4 Å². The number of hydrogen-bond acceptors (Lipinski definition) is 7. The molecule has 0 aromatic carbocycles. The second-order valence-corrected chi connectivity index (χ2v) is 6.16. The van der Waals surface area contributed by atoms with Crippen LogP contribution < -0.4 is 10.6 Å². The van der Waals surface area contributed by atoms with Gasteiger partial charge in [-0.3, -0.25) is 24.5 Å². The van der Waals surface area contributed by atoms with Gasteiger partial charge in [-0.2, -0.15) is 0 Å². The number of rotatable bonds is 7. The van der Waals surface area contributed by atoms with Gasteiger partial charge >= 0.3 is 0 Å². The number of amides is 4. The summed E-state index contributed by atoms with van der Waals surface area (Å²) in [6.07, 6.45) is -0.0188. The topological polar surface area (TPSA) is 122 Å². The predicted octanol–water partition coefficient (Wildman–Crippen LogP) is -0.0817. The van der Waals surface area contributed by atoms with Gasteiger partial charge in [0.15, 0.2) is 5.82 Å². The van der Waals surface area contributed by atoms with E-state index in [1.54, 1.807) is 19.9 Å². The molecule has 1 atom stereocenters. The van der Waals surface area contributed by atoms with Crippen molar-refractivity contribution >= 4 is 41.2 Å². The molecule has 1 saturated heterocycles. The first kappa shape index (κ1) is 18.0. The maximum Gasteiger partial charge on any atom is 0.249 e. The zero-order valence-electron chi connectivity index (χ0n) is 13.3. The van der Waals surface area contributed by atoms with Gasteiger partial charge in [0.1, 0.15) is 11.8 Å². The third kappa shape index (κ3) is 4.57. The molecule has 2 rings (SSSR count). The van der Waals surface area contributed by atoms with Crippen LogP contribution in [0, 0.1) is 6.92 Å². The third-order valence-electron chi connectivity index (χ3n) is 3.34. The first-order chi connectivity index (χ1) is 11.4. The number of carbonyl (C=O) groups is 4. The molecule has 1 aliphatic rings. The summed E-state index contributed by atoms with van der Waals surface area (Å²) in [5.74, 6) is -0.440. The lowest BCUT2D eigenvalue weighted by atomic mass is 10.2. The van der Waals surface area contributed by atoms with Crippen LogP contribution in [-0.2, 0) is 19.2 Å². The van der Waals surface area contributed by atoms with Crippen LogP contribution in [0.2, 0.25) is 0 Å². The molecule has 1 aliphatic heterocycles. The Kier molecular flexibility index (Phi) is 5.96. The monoisotopic (exact) mass is 354 g/mol. The van der Waals surface area contributed by atoms with Crippen LogP contribution in [0.1, 0.15) is 19.1 Å². The molecule has 0 aliphatic carbocycles. The number of likely N-dealkylation sites (N-methyl/N-ethyl adjacent to an activating group) is 1. The molecule has 0 saturated carbocycles. The molecule has 2 N–H and O–H groups in total. The van der Waals surface area contributed by atoms with Crippen LogP contribution >= 0.6 is 11.8 Å². The number of aryl methyl sites for hydroxylation is 1. The molecular formula is C14H18N4O5S. The molecule has 130 valence electrons. The smallest absolute Gasteiger partial charge is 0.249 e. The van der Waals surface area contributed by atoms with Gasteiger partial charge in [0.2, 0.25) is 23.6 Å². The predicted molar refractivity (Wildman–Crippen MR) is 86.1 cm³/mol. The minimum atomic E-state index is -0.762. The highest BCUT2D eigenvalue weighted by Gasteiger charge is 2.36. The average Bonchev–Trinajstić information content (AvgIpc) is 3.05. The molecule has 4 amide bonds. The number of imide groups is 1. The number of carbonyl (C=O) groups excluding carboxylic acids is 4. The standard InChI is InChI=1S/C14H18N4O5S/c1-3-18(9-5-11(19)16-14(9)22)13(21)7-24-6-12(20)15-10-4-8(2)23-17-10/h4,9H,3,5-7H2,1-2H3,(H,15,17,20)(H,16,19,22)/t9-/m0/s1. The Morgan fingerprint density at radius 3 is 2.75 bits per heavy atom. The molecular weight excluding hydrogens is 336 g/mol. The van der Waals surface area contributed by atoms with E-state index in [4.69, 9.17) is 4.52 Å². The summed E-state index contributed by atoms with van der Waals surface area (Å²) in [6, 6.07) is 0.824. The quantitative estimate of drug-likeness (QED) is 0.657. The van der Waals surface area contributed by atoms with E-state index < -0.39 is 11.9 Å². The SMILES string of the molecule is CCN(C(=O)CSCC(=O)Nc1cc(C)on1)[C@H]1CC(=O)NC1=O. The molecule has 0 spiro atoms. The van der Waals surface area contributed by atoms with Gasteiger partial charge in [-0.25, -0.2) is 0 Å². The Bertz CT molecular complexity index is 659. The first-order valence-corrected chi connectivity index (χ1v) is 8.50. The van der Waals surface area contributed by atoms with Gasteiger partial charge in [0.05, 0.1) is 17.9 Å². The first-order valence-electron chi connectivity index (χ1n) is 7.34. The van der Waals surface area contributed by atoms with Gasteiger partial charge in [0.25, 0.3) is 0 Å². The lowest BCUT2D eigenvalue weighted by molar-refractivity contribution is -0.136. The summed E-state index contributed by atoms with van der Waals surface area (Å²) in [4.78, 5) is 48.2. The molecule has 1 aromatic rings. The fourth-order valence-electron chi connectivity index (χ4n) is 2.28. The molecule has 0 unspecified atom stereocenters. The summed E-state index contributed by atoms with van der Waals surface area (Å²) in [5, 5.41) is 8.37. The third-order valence-corrected chi connectivity index (χ3v) is 4.25. The maximum absolute atomic E-state index is 12.2. The van der Waals surface area contributed by atoms with Crippen molar-refractivity contribution in [2.24, 2.45) is 0 Å². The molecule has 1 aromatic heterocycles. The van der Waals surface area contributed by atoms with E-state index in [0.29, 0.717) is 18.1 Å². The number of anilines is 1. The summed E-state index contributed by atoms with van der Waals surface area (Å²) >= 11 is 1.12. The van der Waals surface area contributed by atoms with Crippen molar-refractivity contribution in [3.05, 3.63) is 11.8 Å². The number of nitrogens with one attached hydrogen (secondary N) is 2. The summed E-state index contributed by atoms with van der Waals surface area (Å²) in [5.41, 5.74) is 0. The van der Waals surface area contributed by atoms with Gasteiger partial charge in [-0.15, -0.1) is 11.8 Å². The van der Waals surface area contributed by atoms with Gasteiger partial charge in [-0.05, 0) is 13.8 Å². The Morgan fingerprint density at radius 2 is 2.21 bits per heavy atom. The minimum Gasteiger partial charge on any atom is -0.360 e. The van der Waals surface area contributed by atoms with Crippen LogP contribution in [0.5, 0.6) is 0 Å². The van der Waals surface area contributed by atoms with E-state index in [0.717, 1.165) is 11.8 Å². The molecule has 10 heteroatoms. The fourth-order valence-corrected chi connectivity index (χ4v) is 2.98.